The van der Waals surface area contributed by atoms with Crippen molar-refractivity contribution in [2.75, 3.05) is 13.1 Å². The molecule has 1 saturated carbocycles. The summed E-state index contributed by atoms with van der Waals surface area (Å²) in [5.74, 6) is 0.619. The van der Waals surface area contributed by atoms with Gasteiger partial charge in [-0.25, -0.2) is 0 Å². The third-order valence-corrected chi connectivity index (χ3v) is 4.51. The summed E-state index contributed by atoms with van der Waals surface area (Å²) >= 11 is 0. The van der Waals surface area contributed by atoms with Crippen LogP contribution in [0, 0.1) is 11.3 Å². The fraction of sp³-hybridized carbons (Fsp3) is 0.750. The van der Waals surface area contributed by atoms with Crippen LogP contribution in [0.5, 0.6) is 0 Å². The van der Waals surface area contributed by atoms with Crippen molar-refractivity contribution in [3.63, 3.8) is 0 Å². The minimum absolute atomic E-state index is 0.0261. The van der Waals surface area contributed by atoms with Crippen LogP contribution in [-0.2, 0) is 19.1 Å². The summed E-state index contributed by atoms with van der Waals surface area (Å²) in [7, 11) is 3.15. The molecule has 100 valence electrons. The van der Waals surface area contributed by atoms with Gasteiger partial charge in [-0.05, 0) is 36.7 Å². The van der Waals surface area contributed by atoms with Gasteiger partial charge in [0.25, 0.3) is 5.66 Å². The van der Waals surface area contributed by atoms with E-state index < -0.39 is 5.66 Å². The average molecular weight is 273 g/mol. The first-order valence-electron chi connectivity index (χ1n) is 6.29. The maximum Gasteiger partial charge on any atom is 0.299 e. The topological polar surface area (TPSA) is 29.9 Å². The lowest BCUT2D eigenvalue weighted by Gasteiger charge is -2.54. The van der Waals surface area contributed by atoms with Crippen molar-refractivity contribution in [2.24, 2.45) is 18.4 Å². The van der Waals surface area contributed by atoms with E-state index in [1.807, 2.05) is 0 Å². The number of nitrogens with zero attached hydrogens (tertiary/aromatic N) is 2. The largest absolute Gasteiger partial charge is 0.316 e. The van der Waals surface area contributed by atoms with Crippen molar-refractivity contribution >= 4 is 9.24 Å². The maximum atomic E-state index is 13.2. The SMILES string of the molecule is Cn1nc(CC2CC3(CNC3)C2)cc1C(F)(F)P. The van der Waals surface area contributed by atoms with E-state index in [1.54, 1.807) is 16.3 Å². The molecule has 2 fully saturated rings. The van der Waals surface area contributed by atoms with Gasteiger partial charge in [-0.1, -0.05) is 9.24 Å². The quantitative estimate of drug-likeness (QED) is 0.852. The first-order chi connectivity index (χ1) is 8.38. The predicted octanol–water partition coefficient (Wildman–Crippen LogP) is 1.89. The van der Waals surface area contributed by atoms with Gasteiger partial charge in [0, 0.05) is 20.1 Å². The van der Waals surface area contributed by atoms with Crippen LogP contribution in [0.4, 0.5) is 8.78 Å². The number of rotatable bonds is 3. The van der Waals surface area contributed by atoms with Crippen LogP contribution in [-0.4, -0.2) is 22.9 Å². The summed E-state index contributed by atoms with van der Waals surface area (Å²) in [4.78, 5) is 0. The van der Waals surface area contributed by atoms with Gasteiger partial charge in [0.15, 0.2) is 0 Å². The third-order valence-electron chi connectivity index (χ3n) is 4.21. The standard InChI is InChI=1S/C12H18F2N3P/c1-17-10(12(13,14)18)3-9(16-17)2-8-4-11(5-8)6-15-7-11/h3,8,15H,2,4-7,18H2,1H3. The summed E-state index contributed by atoms with van der Waals surface area (Å²) in [6.07, 6.45) is 3.25. The van der Waals surface area contributed by atoms with Crippen molar-refractivity contribution in [2.45, 2.75) is 24.9 Å². The third kappa shape index (κ3) is 2.08. The molecule has 1 aliphatic carbocycles. The zero-order chi connectivity index (χ0) is 13.0. The van der Waals surface area contributed by atoms with Crippen molar-refractivity contribution in [3.05, 3.63) is 17.5 Å². The van der Waals surface area contributed by atoms with E-state index in [0.29, 0.717) is 11.3 Å². The molecule has 6 heteroatoms. The number of aryl methyl sites for hydroxylation is 1. The van der Waals surface area contributed by atoms with Crippen LogP contribution < -0.4 is 5.32 Å². The van der Waals surface area contributed by atoms with Crippen molar-refractivity contribution < 1.29 is 8.78 Å². The molecule has 2 aliphatic rings. The molecule has 1 N–H and O–H groups in total. The molecule has 1 unspecified atom stereocenters. The molecule has 0 aromatic carbocycles. The number of aromatic nitrogens is 2. The van der Waals surface area contributed by atoms with E-state index in [1.165, 1.54) is 23.6 Å². The molecule has 1 spiro atoms. The van der Waals surface area contributed by atoms with Crippen molar-refractivity contribution in [1.29, 1.82) is 0 Å². The monoisotopic (exact) mass is 273 g/mol. The van der Waals surface area contributed by atoms with Gasteiger partial charge >= 0.3 is 0 Å². The van der Waals surface area contributed by atoms with Gasteiger partial charge in [0.1, 0.15) is 5.69 Å². The van der Waals surface area contributed by atoms with Crippen molar-refractivity contribution in [3.8, 4) is 0 Å². The summed E-state index contributed by atoms with van der Waals surface area (Å²) in [5, 5.41) is 7.50. The van der Waals surface area contributed by atoms with Gasteiger partial charge in [-0.2, -0.15) is 13.9 Å². The molecule has 0 radical (unpaired) electrons. The van der Waals surface area contributed by atoms with Crippen LogP contribution in [0.25, 0.3) is 0 Å². The second-order valence-corrected chi connectivity index (χ2v) is 6.57. The second kappa shape index (κ2) is 3.97. The van der Waals surface area contributed by atoms with Gasteiger partial charge < -0.3 is 5.32 Å². The van der Waals surface area contributed by atoms with Crippen molar-refractivity contribution in [1.82, 2.24) is 15.1 Å². The molecule has 3 rings (SSSR count). The first kappa shape index (κ1) is 12.5. The second-order valence-electron chi connectivity index (χ2n) is 5.85. The molecule has 1 aliphatic heterocycles. The van der Waals surface area contributed by atoms with Crippen LogP contribution in [0.2, 0.25) is 0 Å². The molecular formula is C12H18F2N3P. The number of nitrogens with one attached hydrogen (secondary N) is 1. The number of hydrogen-bond acceptors (Lipinski definition) is 2. The zero-order valence-electron chi connectivity index (χ0n) is 10.4. The Morgan fingerprint density at radius 2 is 2.22 bits per heavy atom. The van der Waals surface area contributed by atoms with E-state index >= 15 is 0 Å². The smallest absolute Gasteiger partial charge is 0.299 e. The summed E-state index contributed by atoms with van der Waals surface area (Å²) in [5.41, 5.74) is -1.59. The lowest BCUT2D eigenvalue weighted by molar-refractivity contribution is 0.000442. The number of alkyl halides is 2. The Labute approximate surface area is 108 Å². The van der Waals surface area contributed by atoms with E-state index in [2.05, 4.69) is 10.4 Å². The van der Waals surface area contributed by atoms with E-state index in [-0.39, 0.29) is 5.69 Å². The molecule has 0 bridgehead atoms. The number of hydrogen-bond donors (Lipinski definition) is 1. The lowest BCUT2D eigenvalue weighted by Crippen LogP contribution is -2.60. The van der Waals surface area contributed by atoms with E-state index in [4.69, 9.17) is 0 Å². The Morgan fingerprint density at radius 1 is 1.56 bits per heavy atom. The van der Waals surface area contributed by atoms with Gasteiger partial charge in [0.2, 0.25) is 0 Å². The summed E-state index contributed by atoms with van der Waals surface area (Å²) in [6.45, 7) is 2.25. The Bertz CT molecular complexity index is 454. The average Bonchev–Trinajstić information content (AvgIpc) is 2.48. The molecule has 18 heavy (non-hydrogen) atoms. The molecule has 1 atom stereocenters. The Hall–Kier alpha value is -0.540. The highest BCUT2D eigenvalue weighted by Crippen LogP contribution is 2.49. The molecule has 1 aromatic rings. The normalized spacial score (nSPS) is 22.9. The highest BCUT2D eigenvalue weighted by atomic mass is 31.0. The molecule has 2 heterocycles. The molecule has 0 amide bonds. The maximum absolute atomic E-state index is 13.2. The number of halogens is 2. The molecule has 1 saturated heterocycles. The predicted molar refractivity (Wildman–Crippen MR) is 68.5 cm³/mol. The highest BCUT2D eigenvalue weighted by molar-refractivity contribution is 7.17. The molecule has 1 aromatic heterocycles. The van der Waals surface area contributed by atoms with E-state index in [0.717, 1.165) is 25.2 Å². The fourth-order valence-corrected chi connectivity index (χ4v) is 3.58. The first-order valence-corrected chi connectivity index (χ1v) is 6.87. The highest BCUT2D eigenvalue weighted by Gasteiger charge is 2.48. The van der Waals surface area contributed by atoms with Crippen LogP contribution in [0.3, 0.4) is 0 Å². The molecule has 3 nitrogen and oxygen atoms in total. The van der Waals surface area contributed by atoms with Gasteiger partial charge in [-0.15, -0.1) is 0 Å². The van der Waals surface area contributed by atoms with Gasteiger partial charge in [0.05, 0.1) is 5.69 Å². The zero-order valence-corrected chi connectivity index (χ0v) is 11.6. The Kier molecular flexibility index (Phi) is 2.76. The Morgan fingerprint density at radius 3 is 2.67 bits per heavy atom. The van der Waals surface area contributed by atoms with Crippen LogP contribution in [0.15, 0.2) is 6.07 Å². The minimum atomic E-state index is -2.89. The lowest BCUT2D eigenvalue weighted by atomic mass is 9.57. The Balaban J connectivity index is 1.64. The fourth-order valence-electron chi connectivity index (χ4n) is 3.31. The minimum Gasteiger partial charge on any atom is -0.316 e. The summed E-state index contributed by atoms with van der Waals surface area (Å²) < 4.78 is 27.8. The van der Waals surface area contributed by atoms with Gasteiger partial charge in [-0.3, -0.25) is 4.68 Å². The van der Waals surface area contributed by atoms with Crippen LogP contribution in [0.1, 0.15) is 24.2 Å². The molecular weight excluding hydrogens is 255 g/mol. The van der Waals surface area contributed by atoms with E-state index in [9.17, 15) is 8.78 Å². The summed E-state index contributed by atoms with van der Waals surface area (Å²) in [6, 6.07) is 1.54. The van der Waals surface area contributed by atoms with Crippen LogP contribution >= 0.6 is 9.24 Å².